The highest BCUT2D eigenvalue weighted by Gasteiger charge is 2.36. The highest BCUT2D eigenvalue weighted by atomic mass is 16.3. The first-order valence-electron chi connectivity index (χ1n) is 8.80. The number of para-hydroxylation sites is 1. The van der Waals surface area contributed by atoms with Gasteiger partial charge in [0, 0.05) is 24.7 Å². The van der Waals surface area contributed by atoms with Crippen molar-refractivity contribution in [2.24, 2.45) is 5.92 Å². The molecule has 2 heterocycles. The quantitative estimate of drug-likeness (QED) is 0.876. The van der Waals surface area contributed by atoms with Gasteiger partial charge in [-0.25, -0.2) is 0 Å². The molecule has 1 aliphatic heterocycles. The molecule has 1 fully saturated rings. The Morgan fingerprint density at radius 2 is 2.12 bits per heavy atom. The van der Waals surface area contributed by atoms with Gasteiger partial charge in [-0.15, -0.1) is 0 Å². The molecule has 2 aromatic rings. The molecule has 134 valence electrons. The van der Waals surface area contributed by atoms with Crippen LogP contribution in [0.3, 0.4) is 0 Å². The number of H-pyrrole nitrogens is 1. The van der Waals surface area contributed by atoms with Crippen molar-refractivity contribution in [3.63, 3.8) is 0 Å². The lowest BCUT2D eigenvalue weighted by atomic mass is 9.98. The smallest absolute Gasteiger partial charge is 0.271 e. The molecule has 0 spiro atoms. The number of likely N-dealkylation sites (N-methyl/N-ethyl adjacent to an activating group) is 1. The van der Waals surface area contributed by atoms with Gasteiger partial charge in [-0.2, -0.15) is 5.10 Å². The van der Waals surface area contributed by atoms with Crippen molar-refractivity contribution in [3.8, 4) is 17.0 Å². The number of aromatic nitrogens is 2. The number of carbonyl (C=O) groups excluding carboxylic acids is 1. The van der Waals surface area contributed by atoms with Gasteiger partial charge in [-0.1, -0.05) is 25.5 Å². The number of nitrogens with zero attached hydrogens (tertiary/aromatic N) is 3. The molecule has 1 aliphatic rings. The molecule has 3 rings (SSSR count). The minimum Gasteiger partial charge on any atom is -0.507 e. The summed E-state index contributed by atoms with van der Waals surface area (Å²) in [5.41, 5.74) is 1.66. The van der Waals surface area contributed by atoms with Gasteiger partial charge in [0.15, 0.2) is 0 Å². The van der Waals surface area contributed by atoms with Crippen LogP contribution in [-0.4, -0.2) is 64.2 Å². The zero-order valence-electron chi connectivity index (χ0n) is 15.1. The standard InChI is InChI=1S/C19H26N4O2/c1-4-7-13-11-23(12-17(13)22(2)3)19(25)16-10-15(20-21-16)14-8-5-6-9-18(14)24/h5-6,8-10,13,17,24H,4,7,11-12H2,1-3H3,(H,20,21)/t13-,17-/m1/s1. The number of phenolic OH excluding ortho intramolecular Hbond substituents is 1. The second-order valence-electron chi connectivity index (χ2n) is 6.97. The Hall–Kier alpha value is -2.34. The number of aromatic hydroxyl groups is 1. The maximum absolute atomic E-state index is 12.9. The summed E-state index contributed by atoms with van der Waals surface area (Å²) in [5.74, 6) is 0.633. The van der Waals surface area contributed by atoms with Crippen molar-refractivity contribution >= 4 is 5.91 Å². The summed E-state index contributed by atoms with van der Waals surface area (Å²) in [6, 6.07) is 9.11. The predicted molar refractivity (Wildman–Crippen MR) is 97.5 cm³/mol. The van der Waals surface area contributed by atoms with Crippen LogP contribution in [0.15, 0.2) is 30.3 Å². The van der Waals surface area contributed by atoms with E-state index in [2.05, 4.69) is 36.1 Å². The summed E-state index contributed by atoms with van der Waals surface area (Å²) in [7, 11) is 4.15. The number of aromatic amines is 1. The van der Waals surface area contributed by atoms with Gasteiger partial charge in [0.1, 0.15) is 11.4 Å². The molecule has 6 nitrogen and oxygen atoms in total. The molecule has 1 aromatic carbocycles. The third-order valence-corrected chi connectivity index (χ3v) is 5.00. The normalized spacial score (nSPS) is 20.4. The molecule has 6 heteroatoms. The molecule has 1 aromatic heterocycles. The fourth-order valence-corrected chi connectivity index (χ4v) is 3.69. The van der Waals surface area contributed by atoms with Gasteiger partial charge in [0.2, 0.25) is 0 Å². The summed E-state index contributed by atoms with van der Waals surface area (Å²) in [6.45, 7) is 3.70. The monoisotopic (exact) mass is 342 g/mol. The summed E-state index contributed by atoms with van der Waals surface area (Å²) in [5, 5.41) is 17.0. The SMILES string of the molecule is CCC[C@@H]1CN(C(=O)c2cc(-c3ccccc3O)n[nH]2)C[C@H]1N(C)C. The minimum atomic E-state index is -0.0281. The molecule has 25 heavy (non-hydrogen) atoms. The Bertz CT molecular complexity index is 741. The Kier molecular flexibility index (Phi) is 5.08. The molecule has 0 saturated carbocycles. The number of benzene rings is 1. The molecule has 2 atom stereocenters. The van der Waals surface area contributed by atoms with Gasteiger partial charge in [-0.3, -0.25) is 9.89 Å². The van der Waals surface area contributed by atoms with Crippen LogP contribution >= 0.6 is 0 Å². The van der Waals surface area contributed by atoms with E-state index >= 15 is 0 Å². The van der Waals surface area contributed by atoms with Gasteiger partial charge in [0.05, 0.1) is 5.69 Å². The van der Waals surface area contributed by atoms with Crippen molar-refractivity contribution in [3.05, 3.63) is 36.0 Å². The molecular formula is C19H26N4O2. The fraction of sp³-hybridized carbons (Fsp3) is 0.474. The van der Waals surface area contributed by atoms with Gasteiger partial charge >= 0.3 is 0 Å². The van der Waals surface area contributed by atoms with E-state index in [-0.39, 0.29) is 11.7 Å². The Morgan fingerprint density at radius 1 is 1.36 bits per heavy atom. The lowest BCUT2D eigenvalue weighted by Crippen LogP contribution is -2.36. The first-order chi connectivity index (χ1) is 12.0. The number of likely N-dealkylation sites (tertiary alicyclic amines) is 1. The van der Waals surface area contributed by atoms with E-state index in [9.17, 15) is 9.90 Å². The average molecular weight is 342 g/mol. The molecule has 0 unspecified atom stereocenters. The van der Waals surface area contributed by atoms with E-state index in [0.29, 0.717) is 28.9 Å². The zero-order chi connectivity index (χ0) is 18.0. The first kappa shape index (κ1) is 17.5. The first-order valence-corrected chi connectivity index (χ1v) is 8.80. The Morgan fingerprint density at radius 3 is 2.80 bits per heavy atom. The lowest BCUT2D eigenvalue weighted by molar-refractivity contribution is 0.0775. The van der Waals surface area contributed by atoms with Gasteiger partial charge in [0.25, 0.3) is 5.91 Å². The maximum Gasteiger partial charge on any atom is 0.271 e. The third kappa shape index (κ3) is 3.54. The number of hydrogen-bond acceptors (Lipinski definition) is 4. The molecule has 1 amide bonds. The second kappa shape index (κ2) is 7.27. The van der Waals surface area contributed by atoms with Crippen LogP contribution in [-0.2, 0) is 0 Å². The highest BCUT2D eigenvalue weighted by Crippen LogP contribution is 2.29. The van der Waals surface area contributed by atoms with Crippen LogP contribution in [0.25, 0.3) is 11.3 Å². The van der Waals surface area contributed by atoms with E-state index in [1.807, 2.05) is 11.0 Å². The summed E-state index contributed by atoms with van der Waals surface area (Å²) >= 11 is 0. The van der Waals surface area contributed by atoms with Crippen LogP contribution < -0.4 is 0 Å². The lowest BCUT2D eigenvalue weighted by Gasteiger charge is -2.24. The van der Waals surface area contributed by atoms with Crippen molar-refractivity contribution in [2.45, 2.75) is 25.8 Å². The van der Waals surface area contributed by atoms with Gasteiger partial charge < -0.3 is 14.9 Å². The van der Waals surface area contributed by atoms with E-state index in [1.54, 1.807) is 24.3 Å². The molecule has 0 radical (unpaired) electrons. The number of rotatable bonds is 5. The number of hydrogen-bond donors (Lipinski definition) is 2. The van der Waals surface area contributed by atoms with Crippen LogP contribution in [0.4, 0.5) is 0 Å². The summed E-state index contributed by atoms with van der Waals surface area (Å²) < 4.78 is 0. The van der Waals surface area contributed by atoms with E-state index in [0.717, 1.165) is 25.9 Å². The highest BCUT2D eigenvalue weighted by molar-refractivity contribution is 5.93. The van der Waals surface area contributed by atoms with Crippen molar-refractivity contribution < 1.29 is 9.90 Å². The van der Waals surface area contributed by atoms with E-state index in [4.69, 9.17) is 0 Å². The topological polar surface area (TPSA) is 72.5 Å². The van der Waals surface area contributed by atoms with Crippen molar-refractivity contribution in [2.75, 3.05) is 27.2 Å². The third-order valence-electron chi connectivity index (χ3n) is 5.00. The van der Waals surface area contributed by atoms with Crippen molar-refractivity contribution in [1.82, 2.24) is 20.0 Å². The van der Waals surface area contributed by atoms with Gasteiger partial charge in [-0.05, 0) is 44.6 Å². The molecule has 2 N–H and O–H groups in total. The largest absolute Gasteiger partial charge is 0.507 e. The number of amides is 1. The van der Waals surface area contributed by atoms with Crippen LogP contribution in [0.5, 0.6) is 5.75 Å². The number of carbonyl (C=O) groups is 1. The number of phenols is 1. The Labute approximate surface area is 148 Å². The van der Waals surface area contributed by atoms with Crippen LogP contribution in [0, 0.1) is 5.92 Å². The second-order valence-corrected chi connectivity index (χ2v) is 6.97. The molecular weight excluding hydrogens is 316 g/mol. The number of nitrogens with one attached hydrogen (secondary N) is 1. The minimum absolute atomic E-state index is 0.0281. The fourth-order valence-electron chi connectivity index (χ4n) is 3.69. The summed E-state index contributed by atoms with van der Waals surface area (Å²) in [6.07, 6.45) is 2.25. The van der Waals surface area contributed by atoms with E-state index in [1.165, 1.54) is 0 Å². The van der Waals surface area contributed by atoms with E-state index < -0.39 is 0 Å². The Balaban J connectivity index is 1.77. The average Bonchev–Trinajstić information content (AvgIpc) is 3.22. The molecule has 1 saturated heterocycles. The maximum atomic E-state index is 12.9. The van der Waals surface area contributed by atoms with Crippen LogP contribution in [0.2, 0.25) is 0 Å². The molecule has 0 bridgehead atoms. The van der Waals surface area contributed by atoms with Crippen molar-refractivity contribution in [1.29, 1.82) is 0 Å². The molecule has 0 aliphatic carbocycles. The summed E-state index contributed by atoms with van der Waals surface area (Å²) in [4.78, 5) is 17.0. The predicted octanol–water partition coefficient (Wildman–Crippen LogP) is 2.58. The van der Waals surface area contributed by atoms with Crippen LogP contribution in [0.1, 0.15) is 30.3 Å². The zero-order valence-corrected chi connectivity index (χ0v) is 15.1.